The Morgan fingerprint density at radius 3 is 1.68 bits per heavy atom. The third kappa shape index (κ3) is 5.96. The monoisotopic (exact) mass is 922 g/mol. The molecule has 0 N–H and O–H groups in total. The van der Waals surface area contributed by atoms with E-state index in [1.54, 1.807) is 0 Å². The van der Waals surface area contributed by atoms with Crippen molar-refractivity contribution in [2.75, 3.05) is 0 Å². The molecule has 2 heteroatoms. The molecule has 0 amide bonds. The normalized spacial score (nSPS) is 14.7. The second kappa shape index (κ2) is 15.5. The van der Waals surface area contributed by atoms with E-state index in [4.69, 9.17) is 9.15 Å². The van der Waals surface area contributed by atoms with Crippen LogP contribution in [0.1, 0.15) is 76.3 Å². The smallest absolute Gasteiger partial charge is 0.140 e. The number of hydrogen-bond acceptors (Lipinski definition) is 2. The number of ether oxygens (including phenoxy) is 1. The van der Waals surface area contributed by atoms with E-state index in [0.29, 0.717) is 5.92 Å². The predicted octanol–water partition coefficient (Wildman–Crippen LogP) is 18.3. The van der Waals surface area contributed by atoms with E-state index in [2.05, 4.69) is 238 Å². The van der Waals surface area contributed by atoms with Gasteiger partial charge in [0.15, 0.2) is 0 Å². The van der Waals surface area contributed by atoms with Gasteiger partial charge in [-0.2, -0.15) is 0 Å². The summed E-state index contributed by atoms with van der Waals surface area (Å²) in [5.41, 5.74) is 21.0. The minimum atomic E-state index is -0.557. The van der Waals surface area contributed by atoms with Gasteiger partial charge in [-0.3, -0.25) is 0 Å². The highest BCUT2D eigenvalue weighted by atomic mass is 16.5. The van der Waals surface area contributed by atoms with Crippen LogP contribution in [0.15, 0.2) is 229 Å². The molecule has 0 saturated heterocycles. The van der Waals surface area contributed by atoms with Gasteiger partial charge < -0.3 is 9.15 Å². The Labute approximate surface area is 419 Å². The zero-order valence-electron chi connectivity index (χ0n) is 40.4. The fraction of sp³-hybridized carbons (Fsp3) is 0.114. The fourth-order valence-electron chi connectivity index (χ4n) is 13.4. The maximum absolute atomic E-state index is 7.17. The average molecular weight is 923 g/mol. The molecule has 0 bridgehead atoms. The van der Waals surface area contributed by atoms with E-state index in [0.717, 1.165) is 52.7 Å². The summed E-state index contributed by atoms with van der Waals surface area (Å²) in [6, 6.07) is 83.7. The van der Waals surface area contributed by atoms with Crippen LogP contribution in [0.2, 0.25) is 0 Å². The van der Waals surface area contributed by atoms with Crippen molar-refractivity contribution in [3.63, 3.8) is 0 Å². The topological polar surface area (TPSA) is 22.4 Å². The Balaban J connectivity index is 0.790. The standard InChI is InChI=1S/C70H50O2/c1-69(2)59-20-10-7-17-53(59)56-42-50(32-34-60(56)69)48(39-44-26-38-66-58(40-44)55-19-9-12-22-65(55)71-66)29-25-43-23-27-45(28-24-43)49-33-35-62-57(41-49)54-18-8-11-21-61(54)70(62)63-36-30-46-13-3-5-15-51(46)67(63)72-68-52-16-6-4-14-47(52)31-37-64(68)70/h3-24,26-28,30-38,40-42,48H,25,29,39H2,1-2H3. The Morgan fingerprint density at radius 1 is 0.389 bits per heavy atom. The molecule has 0 fully saturated rings. The highest BCUT2D eigenvalue weighted by Gasteiger charge is 2.52. The van der Waals surface area contributed by atoms with Crippen LogP contribution in [0.25, 0.3) is 76.9 Å². The zero-order valence-corrected chi connectivity index (χ0v) is 40.4. The van der Waals surface area contributed by atoms with Gasteiger partial charge in [-0.25, -0.2) is 0 Å². The summed E-state index contributed by atoms with van der Waals surface area (Å²) < 4.78 is 13.4. The third-order valence-corrected chi connectivity index (χ3v) is 16.9. The van der Waals surface area contributed by atoms with Crippen LogP contribution < -0.4 is 4.74 Å². The highest BCUT2D eigenvalue weighted by molar-refractivity contribution is 6.05. The minimum Gasteiger partial charge on any atom is -0.456 e. The predicted molar refractivity (Wildman–Crippen MR) is 297 cm³/mol. The van der Waals surface area contributed by atoms with E-state index in [-0.39, 0.29) is 5.41 Å². The summed E-state index contributed by atoms with van der Waals surface area (Å²) in [5, 5.41) is 6.99. The van der Waals surface area contributed by atoms with Gasteiger partial charge in [0.2, 0.25) is 0 Å². The Kier molecular flexibility index (Phi) is 8.91. The summed E-state index contributed by atoms with van der Waals surface area (Å²) in [5.74, 6) is 2.21. The lowest BCUT2D eigenvalue weighted by Crippen LogP contribution is -2.32. The molecule has 2 nitrogen and oxygen atoms in total. The Hall–Kier alpha value is -8.46. The van der Waals surface area contributed by atoms with Gasteiger partial charge >= 0.3 is 0 Å². The molecule has 1 atom stereocenters. The molecule has 3 aliphatic rings. The van der Waals surface area contributed by atoms with Crippen LogP contribution in [-0.4, -0.2) is 0 Å². The maximum Gasteiger partial charge on any atom is 0.140 e. The third-order valence-electron chi connectivity index (χ3n) is 16.9. The van der Waals surface area contributed by atoms with Gasteiger partial charge in [0.05, 0.1) is 5.41 Å². The molecule has 0 radical (unpaired) electrons. The van der Waals surface area contributed by atoms with Crippen molar-refractivity contribution in [2.24, 2.45) is 0 Å². The Morgan fingerprint density at radius 2 is 0.931 bits per heavy atom. The Bertz CT molecular complexity index is 4120. The average Bonchev–Trinajstić information content (AvgIpc) is 4.03. The molecule has 11 aromatic carbocycles. The van der Waals surface area contributed by atoms with Crippen molar-refractivity contribution < 1.29 is 9.15 Å². The first kappa shape index (κ1) is 41.3. The minimum absolute atomic E-state index is 0.0228. The van der Waals surface area contributed by atoms with Gasteiger partial charge in [0.25, 0.3) is 0 Å². The van der Waals surface area contributed by atoms with Gasteiger partial charge in [-0.05, 0) is 133 Å². The summed E-state index contributed by atoms with van der Waals surface area (Å²) in [6.07, 6.45) is 2.95. The lowest BCUT2D eigenvalue weighted by atomic mass is 9.65. The molecule has 1 aromatic heterocycles. The zero-order chi connectivity index (χ0) is 47.7. The fourth-order valence-corrected chi connectivity index (χ4v) is 13.4. The second-order valence-corrected chi connectivity index (χ2v) is 21.0. The number of rotatable bonds is 7. The van der Waals surface area contributed by atoms with Crippen molar-refractivity contribution in [3.8, 4) is 44.9 Å². The molecule has 72 heavy (non-hydrogen) atoms. The van der Waals surface area contributed by atoms with Crippen LogP contribution in [0.4, 0.5) is 0 Å². The lowest BCUT2D eigenvalue weighted by molar-refractivity contribution is 0.447. The molecule has 1 unspecified atom stereocenters. The van der Waals surface area contributed by atoms with Crippen molar-refractivity contribution in [3.05, 3.63) is 275 Å². The molecule has 342 valence electrons. The quantitative estimate of drug-likeness (QED) is 0.159. The van der Waals surface area contributed by atoms with E-state index in [9.17, 15) is 0 Å². The molecular weight excluding hydrogens is 873 g/mol. The number of hydrogen-bond donors (Lipinski definition) is 0. The number of furan rings is 1. The van der Waals surface area contributed by atoms with Crippen molar-refractivity contribution in [1.82, 2.24) is 0 Å². The number of aryl methyl sites for hydroxylation is 1. The maximum atomic E-state index is 7.17. The van der Waals surface area contributed by atoms with E-state index >= 15 is 0 Å². The first-order valence-electron chi connectivity index (χ1n) is 25.6. The number of para-hydroxylation sites is 1. The highest BCUT2D eigenvalue weighted by Crippen LogP contribution is 2.64. The van der Waals surface area contributed by atoms with Crippen LogP contribution in [0.3, 0.4) is 0 Å². The van der Waals surface area contributed by atoms with Crippen LogP contribution in [-0.2, 0) is 23.7 Å². The summed E-state index contributed by atoms with van der Waals surface area (Å²) in [6.45, 7) is 4.74. The summed E-state index contributed by atoms with van der Waals surface area (Å²) in [7, 11) is 0. The molecule has 15 rings (SSSR count). The SMILES string of the molecule is CC1(C)c2ccccc2-c2cc(C(CCc3ccc(-c4ccc5c(c4)-c4ccccc4C54c5ccc6ccccc6c5Oc5c4ccc4ccccc54)cc3)Cc3ccc4oc5ccccc5c4c3)ccc21. The molecule has 1 aliphatic heterocycles. The molecule has 0 saturated carbocycles. The number of fused-ring (bicyclic) bond motifs is 19. The van der Waals surface area contributed by atoms with Gasteiger partial charge in [-0.1, -0.05) is 214 Å². The molecule has 2 aliphatic carbocycles. The van der Waals surface area contributed by atoms with Crippen molar-refractivity contribution in [1.29, 1.82) is 0 Å². The molecular formula is C70H50O2. The first-order chi connectivity index (χ1) is 35.4. The summed E-state index contributed by atoms with van der Waals surface area (Å²) >= 11 is 0. The lowest BCUT2D eigenvalue weighted by Gasteiger charge is -2.40. The van der Waals surface area contributed by atoms with Crippen molar-refractivity contribution >= 4 is 43.5 Å². The first-order valence-corrected chi connectivity index (χ1v) is 25.6. The number of benzene rings is 11. The van der Waals surface area contributed by atoms with E-state index in [1.807, 2.05) is 0 Å². The van der Waals surface area contributed by atoms with Gasteiger partial charge in [0, 0.05) is 38.1 Å². The second-order valence-electron chi connectivity index (χ2n) is 21.0. The van der Waals surface area contributed by atoms with Gasteiger partial charge in [0.1, 0.15) is 22.7 Å². The van der Waals surface area contributed by atoms with Crippen LogP contribution in [0.5, 0.6) is 11.5 Å². The molecule has 2 heterocycles. The molecule has 12 aromatic rings. The van der Waals surface area contributed by atoms with Crippen molar-refractivity contribution in [2.45, 2.75) is 49.9 Å². The van der Waals surface area contributed by atoms with Crippen LogP contribution in [0, 0.1) is 0 Å². The van der Waals surface area contributed by atoms with Gasteiger partial charge in [-0.15, -0.1) is 0 Å². The molecule has 1 spiro atoms. The van der Waals surface area contributed by atoms with Crippen LogP contribution >= 0.6 is 0 Å². The largest absolute Gasteiger partial charge is 0.456 e. The van der Waals surface area contributed by atoms with E-state index < -0.39 is 5.41 Å². The van der Waals surface area contributed by atoms with E-state index in [1.165, 1.54) is 105 Å². The summed E-state index contributed by atoms with van der Waals surface area (Å²) in [4.78, 5) is 0.